The number of esters is 4. The van der Waals surface area contributed by atoms with Crippen LogP contribution in [0, 0.1) is 0 Å². The average Bonchev–Trinajstić information content (AvgIpc) is 2.54. The highest BCUT2D eigenvalue weighted by Crippen LogP contribution is 2.29. The van der Waals surface area contributed by atoms with E-state index in [0.29, 0.717) is 4.43 Å². The van der Waals surface area contributed by atoms with Crippen molar-refractivity contribution in [2.75, 3.05) is 17.6 Å². The number of carbonyl (C=O) groups excluding carboxylic acids is 4. The van der Waals surface area contributed by atoms with Gasteiger partial charge in [0.1, 0.15) is 12.7 Å². The molecule has 1 fully saturated rings. The van der Waals surface area contributed by atoms with Crippen molar-refractivity contribution in [2.45, 2.75) is 58.4 Å². The van der Waals surface area contributed by atoms with E-state index in [1.165, 1.54) is 13.8 Å². The summed E-state index contributed by atoms with van der Waals surface area (Å²) in [6.07, 6.45) is -5.65. The molecule has 27 heavy (non-hydrogen) atoms. The molecule has 0 aromatic rings. The molecule has 1 aliphatic heterocycles. The van der Waals surface area contributed by atoms with Gasteiger partial charge in [0.15, 0.2) is 24.6 Å². The molecule has 0 spiro atoms. The molecule has 1 heterocycles. The fraction of sp³-hybridized carbons (Fsp3) is 0.750. The second kappa shape index (κ2) is 11.4. The molecule has 154 valence electrons. The second-order valence-corrected chi connectivity index (χ2v) is 6.71. The predicted octanol–water partition coefficient (Wildman–Crippen LogP) is 0.521. The largest absolute Gasteiger partial charge is 0.463 e. The normalized spacial score (nSPS) is 27.4. The fourth-order valence-corrected chi connectivity index (χ4v) is 2.74. The lowest BCUT2D eigenvalue weighted by Gasteiger charge is -2.44. The minimum atomic E-state index is -1.20. The summed E-state index contributed by atoms with van der Waals surface area (Å²) in [6, 6.07) is 0. The number of hydrogen-bond acceptors (Lipinski definition) is 10. The smallest absolute Gasteiger partial charge is 0.303 e. The lowest BCUT2D eigenvalue weighted by molar-refractivity contribution is -0.306. The third kappa shape index (κ3) is 7.97. The summed E-state index contributed by atoms with van der Waals surface area (Å²) in [5, 5.41) is 0. The van der Waals surface area contributed by atoms with Crippen LogP contribution in [0.5, 0.6) is 0 Å². The Morgan fingerprint density at radius 1 is 0.815 bits per heavy atom. The molecule has 0 aliphatic carbocycles. The van der Waals surface area contributed by atoms with Gasteiger partial charge in [0.05, 0.1) is 6.61 Å². The van der Waals surface area contributed by atoms with E-state index in [0.717, 1.165) is 13.8 Å². The van der Waals surface area contributed by atoms with Crippen LogP contribution in [0.4, 0.5) is 0 Å². The van der Waals surface area contributed by atoms with E-state index < -0.39 is 54.6 Å². The van der Waals surface area contributed by atoms with E-state index in [1.54, 1.807) is 0 Å². The first-order valence-electron chi connectivity index (χ1n) is 8.13. The molecule has 0 N–H and O–H groups in total. The third-order valence-corrected chi connectivity index (χ3v) is 3.75. The summed E-state index contributed by atoms with van der Waals surface area (Å²) < 4.78 is 32.6. The Kier molecular flexibility index (Phi) is 9.94. The maximum absolute atomic E-state index is 11.6. The van der Waals surface area contributed by atoms with Crippen LogP contribution in [0.2, 0.25) is 0 Å². The summed E-state index contributed by atoms with van der Waals surface area (Å²) in [7, 11) is 0. The molecule has 1 rings (SSSR count). The first-order chi connectivity index (χ1) is 12.6. The molecule has 0 aromatic carbocycles. The minimum Gasteiger partial charge on any atom is -0.463 e. The SMILES string of the molecule is CC(=O)OC[C@H]1O[C@@H](OCCI)[C@H](OC(C)=O)[C@@H](OC(C)=O)[C@@H]1OC(C)=O. The first-order valence-corrected chi connectivity index (χ1v) is 9.66. The van der Waals surface area contributed by atoms with Crippen molar-refractivity contribution in [1.82, 2.24) is 0 Å². The summed E-state index contributed by atoms with van der Waals surface area (Å²) in [6.45, 7) is 4.68. The van der Waals surface area contributed by atoms with Gasteiger partial charge in [0.25, 0.3) is 0 Å². The molecule has 0 bridgehead atoms. The van der Waals surface area contributed by atoms with Gasteiger partial charge in [-0.3, -0.25) is 19.2 Å². The Balaban J connectivity index is 3.22. The van der Waals surface area contributed by atoms with Gasteiger partial charge in [0, 0.05) is 32.1 Å². The Morgan fingerprint density at radius 3 is 1.81 bits per heavy atom. The average molecular weight is 502 g/mol. The van der Waals surface area contributed by atoms with Gasteiger partial charge < -0.3 is 28.4 Å². The zero-order chi connectivity index (χ0) is 20.6. The third-order valence-electron chi connectivity index (χ3n) is 3.31. The van der Waals surface area contributed by atoms with Crippen molar-refractivity contribution >= 4 is 46.5 Å². The summed E-state index contributed by atoms with van der Waals surface area (Å²) >= 11 is 2.08. The van der Waals surface area contributed by atoms with Crippen molar-refractivity contribution in [2.24, 2.45) is 0 Å². The highest BCUT2D eigenvalue weighted by atomic mass is 127. The molecule has 0 radical (unpaired) electrons. The van der Waals surface area contributed by atoms with Crippen LogP contribution in [0.25, 0.3) is 0 Å². The van der Waals surface area contributed by atoms with Gasteiger partial charge in [-0.1, -0.05) is 22.6 Å². The number of hydrogen-bond donors (Lipinski definition) is 0. The molecule has 0 aromatic heterocycles. The molecule has 1 aliphatic rings. The number of carbonyl (C=O) groups is 4. The number of alkyl halides is 1. The summed E-state index contributed by atoms with van der Waals surface area (Å²) in [4.78, 5) is 45.8. The van der Waals surface area contributed by atoms with Gasteiger partial charge in [0.2, 0.25) is 0 Å². The molecule has 0 saturated carbocycles. The quantitative estimate of drug-likeness (QED) is 0.201. The van der Waals surface area contributed by atoms with E-state index in [9.17, 15) is 19.2 Å². The maximum atomic E-state index is 11.6. The Bertz CT molecular complexity index is 551. The fourth-order valence-electron chi connectivity index (χ4n) is 2.48. The van der Waals surface area contributed by atoms with Crippen LogP contribution >= 0.6 is 22.6 Å². The molecule has 10 nitrogen and oxygen atoms in total. The van der Waals surface area contributed by atoms with Gasteiger partial charge in [-0.2, -0.15) is 0 Å². The monoisotopic (exact) mass is 502 g/mol. The molecular weight excluding hydrogens is 479 g/mol. The van der Waals surface area contributed by atoms with Crippen molar-refractivity contribution in [3.05, 3.63) is 0 Å². The molecule has 11 heteroatoms. The number of rotatable bonds is 8. The van der Waals surface area contributed by atoms with E-state index in [1.807, 2.05) is 0 Å². The van der Waals surface area contributed by atoms with Gasteiger partial charge in [-0.15, -0.1) is 0 Å². The van der Waals surface area contributed by atoms with Crippen molar-refractivity contribution < 1.29 is 47.6 Å². The number of halogens is 1. The lowest BCUT2D eigenvalue weighted by Crippen LogP contribution is -2.63. The van der Waals surface area contributed by atoms with Gasteiger partial charge in [-0.05, 0) is 0 Å². The maximum Gasteiger partial charge on any atom is 0.303 e. The van der Waals surface area contributed by atoms with E-state index in [2.05, 4.69) is 22.6 Å². The van der Waals surface area contributed by atoms with Crippen molar-refractivity contribution in [3.8, 4) is 0 Å². The minimum absolute atomic E-state index is 0.258. The van der Waals surface area contributed by atoms with Crippen LogP contribution in [0.1, 0.15) is 27.7 Å². The standard InChI is InChI=1S/C16H23IO10/c1-8(18)23-7-12-13(24-9(2)19)14(25-10(3)20)15(26-11(4)21)16(27-12)22-6-5-17/h12-16H,5-7H2,1-4H3/t12-,13-,14+,15-,16-/m1/s1. The molecule has 1 saturated heterocycles. The second-order valence-electron chi connectivity index (χ2n) is 5.63. The van der Waals surface area contributed by atoms with Crippen LogP contribution in [0.15, 0.2) is 0 Å². The van der Waals surface area contributed by atoms with Crippen molar-refractivity contribution in [3.63, 3.8) is 0 Å². The Labute approximate surface area is 170 Å². The summed E-state index contributed by atoms with van der Waals surface area (Å²) in [5.41, 5.74) is 0. The van der Waals surface area contributed by atoms with E-state index in [-0.39, 0.29) is 13.2 Å². The van der Waals surface area contributed by atoms with E-state index in [4.69, 9.17) is 28.4 Å². The first kappa shape index (κ1) is 23.6. The highest BCUT2D eigenvalue weighted by molar-refractivity contribution is 14.1. The van der Waals surface area contributed by atoms with Crippen LogP contribution in [0.3, 0.4) is 0 Å². The Hall–Kier alpha value is -1.47. The zero-order valence-corrected chi connectivity index (χ0v) is 17.6. The Morgan fingerprint density at radius 2 is 1.33 bits per heavy atom. The highest BCUT2D eigenvalue weighted by Gasteiger charge is 2.52. The van der Waals surface area contributed by atoms with Crippen molar-refractivity contribution in [1.29, 1.82) is 0 Å². The zero-order valence-electron chi connectivity index (χ0n) is 15.5. The molecule has 0 amide bonds. The van der Waals surface area contributed by atoms with Gasteiger partial charge >= 0.3 is 23.9 Å². The molecule has 0 unspecified atom stereocenters. The number of ether oxygens (including phenoxy) is 6. The predicted molar refractivity (Wildman–Crippen MR) is 96.8 cm³/mol. The lowest BCUT2D eigenvalue weighted by atomic mass is 9.98. The van der Waals surface area contributed by atoms with Crippen LogP contribution < -0.4 is 0 Å². The molecule has 5 atom stereocenters. The van der Waals surface area contributed by atoms with Gasteiger partial charge in [-0.25, -0.2) is 0 Å². The van der Waals surface area contributed by atoms with E-state index >= 15 is 0 Å². The molecular formula is C16H23IO10. The van der Waals surface area contributed by atoms with Crippen LogP contribution in [-0.2, 0) is 47.6 Å². The topological polar surface area (TPSA) is 124 Å². The summed E-state index contributed by atoms with van der Waals surface area (Å²) in [5.74, 6) is -2.60. The van der Waals surface area contributed by atoms with Crippen LogP contribution in [-0.4, -0.2) is 72.2 Å².